The summed E-state index contributed by atoms with van der Waals surface area (Å²) in [5.41, 5.74) is 0. The lowest BCUT2D eigenvalue weighted by Crippen LogP contribution is -2.30. The van der Waals surface area contributed by atoms with Crippen LogP contribution in [-0.4, -0.2) is 37.2 Å². The maximum absolute atomic E-state index is 12.9. The van der Waals surface area contributed by atoms with E-state index in [0.717, 1.165) is 122 Å². The quantitative estimate of drug-likeness (QED) is 0.0261. The van der Waals surface area contributed by atoms with E-state index in [1.165, 1.54) is 180 Å². The van der Waals surface area contributed by atoms with Crippen LogP contribution in [0.1, 0.15) is 342 Å². The summed E-state index contributed by atoms with van der Waals surface area (Å²) in [5, 5.41) is 0. The Bertz CT molecular complexity index is 1580. The summed E-state index contributed by atoms with van der Waals surface area (Å²) in [6, 6.07) is 0. The van der Waals surface area contributed by atoms with Crippen molar-refractivity contribution in [2.45, 2.75) is 348 Å². The standard InChI is InChI=1S/C75H130O6/c1-4-7-10-13-16-19-22-24-26-28-30-32-34-35-36-37-38-39-40-41-42-44-45-47-49-51-53-56-59-62-65-68-74(77)80-71-72(70-79-73(76)67-64-61-58-55-21-18-15-12-9-6-3)81-75(78)69-66-63-60-57-54-52-50-48-46-43-33-31-29-27-25-23-20-17-14-11-8-5-2/h7,10,16,19,24,26,30,32,35-36,38-39,41-42,45,47,72H,4-6,8-9,11-15,17-18,20-23,25,27-29,31,33-34,37,40,43-44,46,48-71H2,1-3H3/b10-7-,19-16-,26-24-,32-30-,36-35-,39-38-,42-41-,47-45-. The SMILES string of the molecule is CC/C=C\C/C=C\C/C=C\C/C=C\C/C=C\C/C=C\C/C=C\C/C=C\CCCCCCCCC(=O)OCC(COC(=O)CCCCCCCCCCCC)OC(=O)CCCCCCCCCCCCCCCCCCCCCCCC. The number of ether oxygens (including phenoxy) is 3. The molecule has 0 aliphatic rings. The first-order valence-electron chi connectivity index (χ1n) is 34.7. The van der Waals surface area contributed by atoms with Crippen LogP contribution in [0.2, 0.25) is 0 Å². The first-order chi connectivity index (χ1) is 40.0. The van der Waals surface area contributed by atoms with Crippen LogP contribution >= 0.6 is 0 Å². The summed E-state index contributed by atoms with van der Waals surface area (Å²) in [5.74, 6) is -0.878. The molecule has 0 amide bonds. The number of hydrogen-bond acceptors (Lipinski definition) is 6. The topological polar surface area (TPSA) is 78.9 Å². The molecule has 6 nitrogen and oxygen atoms in total. The van der Waals surface area contributed by atoms with Crippen molar-refractivity contribution in [1.82, 2.24) is 0 Å². The molecule has 0 saturated heterocycles. The van der Waals surface area contributed by atoms with Crippen molar-refractivity contribution in [2.24, 2.45) is 0 Å². The van der Waals surface area contributed by atoms with Crippen LogP contribution in [0.4, 0.5) is 0 Å². The zero-order valence-corrected chi connectivity index (χ0v) is 53.5. The van der Waals surface area contributed by atoms with Gasteiger partial charge in [0.2, 0.25) is 0 Å². The van der Waals surface area contributed by atoms with Gasteiger partial charge in [0, 0.05) is 19.3 Å². The molecule has 466 valence electrons. The summed E-state index contributed by atoms with van der Waals surface area (Å²) in [6.07, 6.45) is 92.9. The number of carbonyl (C=O) groups is 3. The Labute approximate surface area is 502 Å². The summed E-state index contributed by atoms with van der Waals surface area (Å²) in [7, 11) is 0. The Balaban J connectivity index is 4.24. The second-order valence-corrected chi connectivity index (χ2v) is 23.1. The molecule has 6 heteroatoms. The molecule has 0 rings (SSSR count). The molecule has 1 unspecified atom stereocenters. The maximum Gasteiger partial charge on any atom is 0.306 e. The average Bonchev–Trinajstić information content (AvgIpc) is 3.47. The van der Waals surface area contributed by atoms with Crippen molar-refractivity contribution >= 4 is 17.9 Å². The van der Waals surface area contributed by atoms with Crippen LogP contribution in [0.15, 0.2) is 97.2 Å². The minimum absolute atomic E-state index is 0.0775. The molecule has 0 heterocycles. The van der Waals surface area contributed by atoms with Crippen LogP contribution < -0.4 is 0 Å². The highest BCUT2D eigenvalue weighted by Crippen LogP contribution is 2.17. The molecule has 0 radical (unpaired) electrons. The van der Waals surface area contributed by atoms with E-state index in [0.29, 0.717) is 19.3 Å². The second kappa shape index (κ2) is 68.8. The van der Waals surface area contributed by atoms with Gasteiger partial charge in [0.15, 0.2) is 6.10 Å². The van der Waals surface area contributed by atoms with Gasteiger partial charge in [-0.25, -0.2) is 0 Å². The van der Waals surface area contributed by atoms with E-state index in [9.17, 15) is 14.4 Å². The zero-order valence-electron chi connectivity index (χ0n) is 53.5. The molecule has 81 heavy (non-hydrogen) atoms. The maximum atomic E-state index is 12.9. The van der Waals surface area contributed by atoms with E-state index >= 15 is 0 Å². The molecule has 0 aromatic rings. The Morgan fingerprint density at radius 2 is 0.481 bits per heavy atom. The number of carbonyl (C=O) groups excluding carboxylic acids is 3. The van der Waals surface area contributed by atoms with E-state index in [1.807, 2.05) is 0 Å². The van der Waals surface area contributed by atoms with Gasteiger partial charge in [-0.15, -0.1) is 0 Å². The van der Waals surface area contributed by atoms with Gasteiger partial charge < -0.3 is 14.2 Å². The largest absolute Gasteiger partial charge is 0.462 e. The lowest BCUT2D eigenvalue weighted by atomic mass is 10.0. The fraction of sp³-hybridized carbons (Fsp3) is 0.747. The fourth-order valence-electron chi connectivity index (χ4n) is 9.93. The van der Waals surface area contributed by atoms with Crippen molar-refractivity contribution in [3.8, 4) is 0 Å². The predicted octanol–water partition coefficient (Wildman–Crippen LogP) is 24.0. The van der Waals surface area contributed by atoms with E-state index < -0.39 is 6.10 Å². The van der Waals surface area contributed by atoms with Crippen LogP contribution in [0.25, 0.3) is 0 Å². The third kappa shape index (κ3) is 67.0. The number of unbranched alkanes of at least 4 members (excludes halogenated alkanes) is 36. The molecule has 0 aromatic heterocycles. The smallest absolute Gasteiger partial charge is 0.306 e. The van der Waals surface area contributed by atoms with Gasteiger partial charge in [-0.05, 0) is 83.5 Å². The van der Waals surface area contributed by atoms with Crippen LogP contribution in [0, 0.1) is 0 Å². The minimum atomic E-state index is -0.781. The molecule has 0 saturated carbocycles. The minimum Gasteiger partial charge on any atom is -0.462 e. The van der Waals surface area contributed by atoms with Crippen LogP contribution in [0.3, 0.4) is 0 Å². The molecule has 0 N–H and O–H groups in total. The zero-order chi connectivity index (χ0) is 58.5. The average molecular weight is 1130 g/mol. The highest BCUT2D eigenvalue weighted by atomic mass is 16.6. The first-order valence-corrected chi connectivity index (χ1v) is 34.7. The Kier molecular flexibility index (Phi) is 65.7. The van der Waals surface area contributed by atoms with E-state index in [2.05, 4.69) is 118 Å². The van der Waals surface area contributed by atoms with E-state index in [1.54, 1.807) is 0 Å². The monoisotopic (exact) mass is 1130 g/mol. The second-order valence-electron chi connectivity index (χ2n) is 23.1. The third-order valence-electron chi connectivity index (χ3n) is 15.1. The Morgan fingerprint density at radius 1 is 0.259 bits per heavy atom. The summed E-state index contributed by atoms with van der Waals surface area (Å²) in [4.78, 5) is 38.3. The highest BCUT2D eigenvalue weighted by molar-refractivity contribution is 5.71. The molecule has 0 bridgehead atoms. The molecule has 0 fully saturated rings. The summed E-state index contributed by atoms with van der Waals surface area (Å²) in [6.45, 7) is 6.55. The van der Waals surface area contributed by atoms with Gasteiger partial charge in [-0.3, -0.25) is 14.4 Å². The van der Waals surface area contributed by atoms with Crippen LogP contribution in [0.5, 0.6) is 0 Å². The van der Waals surface area contributed by atoms with Crippen molar-refractivity contribution < 1.29 is 28.6 Å². The van der Waals surface area contributed by atoms with Crippen molar-refractivity contribution in [3.63, 3.8) is 0 Å². The van der Waals surface area contributed by atoms with Gasteiger partial charge >= 0.3 is 17.9 Å². The van der Waals surface area contributed by atoms with E-state index in [4.69, 9.17) is 14.2 Å². The number of hydrogen-bond donors (Lipinski definition) is 0. The van der Waals surface area contributed by atoms with Gasteiger partial charge in [0.25, 0.3) is 0 Å². The van der Waals surface area contributed by atoms with Gasteiger partial charge in [-0.1, -0.05) is 336 Å². The Hall–Kier alpha value is -3.67. The first kappa shape index (κ1) is 77.3. The van der Waals surface area contributed by atoms with Gasteiger partial charge in [0.1, 0.15) is 13.2 Å². The third-order valence-corrected chi connectivity index (χ3v) is 15.1. The number of rotatable bonds is 63. The summed E-state index contributed by atoms with van der Waals surface area (Å²) >= 11 is 0. The normalized spacial score (nSPS) is 12.7. The lowest BCUT2D eigenvalue weighted by Gasteiger charge is -2.18. The molecule has 0 aliphatic carbocycles. The molecule has 0 spiro atoms. The highest BCUT2D eigenvalue weighted by Gasteiger charge is 2.19. The lowest BCUT2D eigenvalue weighted by molar-refractivity contribution is -0.167. The fourth-order valence-corrected chi connectivity index (χ4v) is 9.93. The molecule has 1 atom stereocenters. The van der Waals surface area contributed by atoms with Gasteiger partial charge in [0.05, 0.1) is 0 Å². The molecule has 0 aliphatic heterocycles. The number of allylic oxidation sites excluding steroid dienone is 16. The van der Waals surface area contributed by atoms with Gasteiger partial charge in [-0.2, -0.15) is 0 Å². The van der Waals surface area contributed by atoms with Crippen molar-refractivity contribution in [2.75, 3.05) is 13.2 Å². The molecular weight excluding hydrogens is 997 g/mol. The van der Waals surface area contributed by atoms with Crippen LogP contribution in [-0.2, 0) is 28.6 Å². The van der Waals surface area contributed by atoms with Crippen molar-refractivity contribution in [3.05, 3.63) is 97.2 Å². The van der Waals surface area contributed by atoms with E-state index in [-0.39, 0.29) is 31.1 Å². The Morgan fingerprint density at radius 3 is 0.753 bits per heavy atom. The number of esters is 3. The predicted molar refractivity (Wildman–Crippen MR) is 353 cm³/mol. The molecular formula is C75H130O6. The molecule has 0 aromatic carbocycles. The summed E-state index contributed by atoms with van der Waals surface area (Å²) < 4.78 is 16.9. The van der Waals surface area contributed by atoms with Crippen molar-refractivity contribution in [1.29, 1.82) is 0 Å².